The van der Waals surface area contributed by atoms with E-state index in [0.717, 1.165) is 0 Å². The van der Waals surface area contributed by atoms with Crippen molar-refractivity contribution >= 4 is 11.8 Å². The maximum atomic E-state index is 11.7. The standard InChI is InChI=1S/C11H19NO3/c1-8(2)6-10(13)9(7-12(3)4)11(14)15-5/h7-8H,6H2,1-5H3/b9-7-. The monoisotopic (exact) mass is 213 g/mol. The Morgan fingerprint density at radius 1 is 1.33 bits per heavy atom. The summed E-state index contributed by atoms with van der Waals surface area (Å²) in [7, 11) is 4.78. The molecule has 0 radical (unpaired) electrons. The van der Waals surface area contributed by atoms with Crippen LogP contribution in [0.1, 0.15) is 20.3 Å². The van der Waals surface area contributed by atoms with E-state index in [1.54, 1.807) is 19.0 Å². The van der Waals surface area contributed by atoms with E-state index < -0.39 is 5.97 Å². The molecule has 0 aliphatic carbocycles. The van der Waals surface area contributed by atoms with Gasteiger partial charge in [-0.25, -0.2) is 4.79 Å². The number of hydrogen-bond acceptors (Lipinski definition) is 4. The molecule has 0 unspecified atom stereocenters. The van der Waals surface area contributed by atoms with Crippen molar-refractivity contribution in [2.45, 2.75) is 20.3 Å². The Labute approximate surface area is 90.9 Å². The predicted molar refractivity (Wildman–Crippen MR) is 58.2 cm³/mol. The van der Waals surface area contributed by atoms with Gasteiger partial charge >= 0.3 is 5.97 Å². The SMILES string of the molecule is COC(=O)/C(=C\N(C)C)C(=O)CC(C)C. The zero-order chi connectivity index (χ0) is 12.0. The van der Waals surface area contributed by atoms with E-state index in [1.165, 1.54) is 13.3 Å². The quantitative estimate of drug-likeness (QED) is 0.298. The van der Waals surface area contributed by atoms with Crippen LogP contribution in [0.25, 0.3) is 0 Å². The molecule has 15 heavy (non-hydrogen) atoms. The van der Waals surface area contributed by atoms with Gasteiger partial charge in [-0.3, -0.25) is 4.79 Å². The van der Waals surface area contributed by atoms with E-state index in [9.17, 15) is 9.59 Å². The number of carbonyl (C=O) groups is 2. The first-order valence-corrected chi connectivity index (χ1v) is 4.88. The molecule has 0 N–H and O–H groups in total. The first-order valence-electron chi connectivity index (χ1n) is 4.88. The van der Waals surface area contributed by atoms with Crippen molar-refractivity contribution in [3.8, 4) is 0 Å². The molecular weight excluding hydrogens is 194 g/mol. The molecule has 0 rings (SSSR count). The summed E-state index contributed by atoms with van der Waals surface area (Å²) < 4.78 is 4.56. The highest BCUT2D eigenvalue weighted by Crippen LogP contribution is 2.09. The van der Waals surface area contributed by atoms with Gasteiger partial charge in [-0.2, -0.15) is 0 Å². The molecule has 4 heteroatoms. The molecule has 0 aromatic rings. The number of methoxy groups -OCH3 is 1. The summed E-state index contributed by atoms with van der Waals surface area (Å²) >= 11 is 0. The minimum absolute atomic E-state index is 0.108. The summed E-state index contributed by atoms with van der Waals surface area (Å²) in [6.07, 6.45) is 1.85. The summed E-state index contributed by atoms with van der Waals surface area (Å²) in [4.78, 5) is 24.7. The lowest BCUT2D eigenvalue weighted by molar-refractivity contribution is -0.138. The van der Waals surface area contributed by atoms with E-state index in [2.05, 4.69) is 4.74 Å². The molecule has 0 saturated carbocycles. The minimum Gasteiger partial charge on any atom is -0.465 e. The Morgan fingerprint density at radius 3 is 2.20 bits per heavy atom. The van der Waals surface area contributed by atoms with Gasteiger partial charge in [0.05, 0.1) is 7.11 Å². The topological polar surface area (TPSA) is 46.6 Å². The van der Waals surface area contributed by atoms with Gasteiger partial charge in [-0.1, -0.05) is 13.8 Å². The summed E-state index contributed by atoms with van der Waals surface area (Å²) in [6.45, 7) is 3.87. The molecule has 0 bridgehead atoms. The number of ketones is 1. The summed E-state index contributed by atoms with van der Waals surface area (Å²) in [5, 5.41) is 0. The van der Waals surface area contributed by atoms with Crippen LogP contribution in [-0.2, 0) is 14.3 Å². The van der Waals surface area contributed by atoms with Gasteiger partial charge in [0.25, 0.3) is 0 Å². The highest BCUT2D eigenvalue weighted by Gasteiger charge is 2.19. The van der Waals surface area contributed by atoms with Crippen LogP contribution in [0.15, 0.2) is 11.8 Å². The van der Waals surface area contributed by atoms with Crippen LogP contribution in [0.2, 0.25) is 0 Å². The largest absolute Gasteiger partial charge is 0.465 e. The van der Waals surface area contributed by atoms with Crippen molar-refractivity contribution < 1.29 is 14.3 Å². The molecule has 0 atom stereocenters. The van der Waals surface area contributed by atoms with Crippen molar-refractivity contribution in [1.82, 2.24) is 4.90 Å². The molecule has 0 saturated heterocycles. The zero-order valence-corrected chi connectivity index (χ0v) is 10.0. The number of Topliss-reactive ketones (excluding diaryl/α,β-unsaturated/α-hetero) is 1. The van der Waals surface area contributed by atoms with E-state index in [4.69, 9.17) is 0 Å². The van der Waals surface area contributed by atoms with Crippen molar-refractivity contribution in [3.05, 3.63) is 11.8 Å². The lowest BCUT2D eigenvalue weighted by atomic mass is 10.0. The second kappa shape index (κ2) is 6.22. The Bertz CT molecular complexity index is 267. The molecule has 0 aliphatic heterocycles. The molecule has 4 nitrogen and oxygen atoms in total. The second-order valence-electron chi connectivity index (χ2n) is 4.02. The second-order valence-corrected chi connectivity index (χ2v) is 4.02. The van der Waals surface area contributed by atoms with Crippen molar-refractivity contribution in [2.75, 3.05) is 21.2 Å². The average molecular weight is 213 g/mol. The highest BCUT2D eigenvalue weighted by molar-refractivity contribution is 6.17. The van der Waals surface area contributed by atoms with Gasteiger partial charge in [0.15, 0.2) is 5.78 Å². The number of nitrogens with zero attached hydrogens (tertiary/aromatic N) is 1. The molecule has 0 fully saturated rings. The summed E-state index contributed by atoms with van der Waals surface area (Å²) in [5.74, 6) is -0.521. The molecule has 86 valence electrons. The van der Waals surface area contributed by atoms with E-state index in [1.807, 2.05) is 13.8 Å². The number of rotatable bonds is 5. The zero-order valence-electron chi connectivity index (χ0n) is 10.0. The van der Waals surface area contributed by atoms with Crippen molar-refractivity contribution in [1.29, 1.82) is 0 Å². The first-order chi connectivity index (χ1) is 6.88. The molecule has 0 aromatic heterocycles. The summed E-state index contributed by atoms with van der Waals surface area (Å²) in [5.41, 5.74) is 0.108. The highest BCUT2D eigenvalue weighted by atomic mass is 16.5. The van der Waals surface area contributed by atoms with Crippen LogP contribution in [0.3, 0.4) is 0 Å². The van der Waals surface area contributed by atoms with Crippen LogP contribution in [0, 0.1) is 5.92 Å². The normalized spacial score (nSPS) is 11.5. The fourth-order valence-corrected chi connectivity index (χ4v) is 1.09. The molecule has 0 amide bonds. The Hall–Kier alpha value is -1.32. The van der Waals surface area contributed by atoms with Crippen LogP contribution < -0.4 is 0 Å². The number of carbonyl (C=O) groups excluding carboxylic acids is 2. The van der Waals surface area contributed by atoms with Gasteiger partial charge < -0.3 is 9.64 Å². The third kappa shape index (κ3) is 5.20. The van der Waals surface area contributed by atoms with Crippen LogP contribution >= 0.6 is 0 Å². The average Bonchev–Trinajstić information content (AvgIpc) is 2.11. The Morgan fingerprint density at radius 2 is 1.87 bits per heavy atom. The van der Waals surface area contributed by atoms with Gasteiger partial charge in [0.1, 0.15) is 5.57 Å². The molecule has 0 spiro atoms. The Kier molecular flexibility index (Phi) is 5.67. The first kappa shape index (κ1) is 13.7. The third-order valence-electron chi connectivity index (χ3n) is 1.69. The third-order valence-corrected chi connectivity index (χ3v) is 1.69. The fourth-order valence-electron chi connectivity index (χ4n) is 1.09. The molecular formula is C11H19NO3. The number of ether oxygens (including phenoxy) is 1. The van der Waals surface area contributed by atoms with Gasteiger partial charge in [-0.15, -0.1) is 0 Å². The number of esters is 1. The minimum atomic E-state index is -0.575. The predicted octanol–water partition coefficient (Wildman–Crippen LogP) is 1.22. The van der Waals surface area contributed by atoms with Crippen LogP contribution in [0.5, 0.6) is 0 Å². The van der Waals surface area contributed by atoms with Crippen molar-refractivity contribution in [3.63, 3.8) is 0 Å². The molecule has 0 heterocycles. The van der Waals surface area contributed by atoms with E-state index in [0.29, 0.717) is 6.42 Å². The number of hydrogen-bond donors (Lipinski definition) is 0. The lowest BCUT2D eigenvalue weighted by Crippen LogP contribution is -2.19. The molecule has 0 aliphatic rings. The van der Waals surface area contributed by atoms with E-state index in [-0.39, 0.29) is 17.3 Å². The van der Waals surface area contributed by atoms with Crippen molar-refractivity contribution in [2.24, 2.45) is 5.92 Å². The smallest absolute Gasteiger partial charge is 0.342 e. The van der Waals surface area contributed by atoms with Gasteiger partial charge in [-0.05, 0) is 5.92 Å². The fraction of sp³-hybridized carbons (Fsp3) is 0.636. The van der Waals surface area contributed by atoms with Crippen LogP contribution in [0.4, 0.5) is 0 Å². The Balaban J connectivity index is 4.79. The van der Waals surface area contributed by atoms with Gasteiger partial charge in [0, 0.05) is 26.7 Å². The lowest BCUT2D eigenvalue weighted by Gasteiger charge is -2.10. The maximum absolute atomic E-state index is 11.7. The van der Waals surface area contributed by atoms with Gasteiger partial charge in [0.2, 0.25) is 0 Å². The maximum Gasteiger partial charge on any atom is 0.342 e. The molecule has 0 aromatic carbocycles. The van der Waals surface area contributed by atoms with E-state index >= 15 is 0 Å². The van der Waals surface area contributed by atoms with Crippen LogP contribution in [-0.4, -0.2) is 37.9 Å². The summed E-state index contributed by atoms with van der Waals surface area (Å²) in [6, 6.07) is 0.